The van der Waals surface area contributed by atoms with E-state index in [0.717, 1.165) is 17.8 Å². The smallest absolute Gasteiger partial charge is 0.243 e. The number of thiazole rings is 1. The van der Waals surface area contributed by atoms with Gasteiger partial charge >= 0.3 is 0 Å². The van der Waals surface area contributed by atoms with Gasteiger partial charge in [0, 0.05) is 36.7 Å². The molecule has 1 aromatic heterocycles. The molecule has 0 aliphatic carbocycles. The summed E-state index contributed by atoms with van der Waals surface area (Å²) in [6, 6.07) is 4.83. The third kappa shape index (κ3) is 2.89. The zero-order chi connectivity index (χ0) is 16.6. The Labute approximate surface area is 145 Å². The Morgan fingerprint density at radius 3 is 2.83 bits per heavy atom. The molecule has 0 bridgehead atoms. The minimum atomic E-state index is -3.54. The van der Waals surface area contributed by atoms with Crippen LogP contribution < -0.4 is 9.47 Å². The van der Waals surface area contributed by atoms with Crippen LogP contribution in [0.4, 0.5) is 0 Å². The van der Waals surface area contributed by atoms with E-state index in [-0.39, 0.29) is 10.8 Å². The maximum Gasteiger partial charge on any atom is 0.243 e. The highest BCUT2D eigenvalue weighted by atomic mass is 32.2. The van der Waals surface area contributed by atoms with Crippen LogP contribution in [0.1, 0.15) is 23.8 Å². The van der Waals surface area contributed by atoms with E-state index in [2.05, 4.69) is 4.98 Å². The van der Waals surface area contributed by atoms with Gasteiger partial charge in [0.25, 0.3) is 0 Å². The molecule has 0 radical (unpaired) electrons. The van der Waals surface area contributed by atoms with Crippen molar-refractivity contribution in [3.8, 4) is 11.5 Å². The van der Waals surface area contributed by atoms with Crippen LogP contribution in [0.25, 0.3) is 0 Å². The molecule has 0 spiro atoms. The quantitative estimate of drug-likeness (QED) is 0.835. The number of piperidine rings is 1. The first-order chi connectivity index (χ1) is 11.6. The van der Waals surface area contributed by atoms with E-state index < -0.39 is 10.0 Å². The Balaban J connectivity index is 1.60. The summed E-state index contributed by atoms with van der Waals surface area (Å²) in [6.07, 6.45) is 3.59. The van der Waals surface area contributed by atoms with Gasteiger partial charge in [-0.15, -0.1) is 11.3 Å². The molecule has 2 aliphatic rings. The first-order valence-corrected chi connectivity index (χ1v) is 10.3. The summed E-state index contributed by atoms with van der Waals surface area (Å²) in [7, 11) is -3.54. The minimum absolute atomic E-state index is 0.172. The molecular weight excluding hydrogens is 348 g/mol. The number of benzene rings is 1. The molecule has 128 valence electrons. The van der Waals surface area contributed by atoms with Crippen molar-refractivity contribution >= 4 is 21.4 Å². The normalized spacial score (nSPS) is 21.6. The third-order valence-corrected chi connectivity index (χ3v) is 7.14. The predicted molar refractivity (Wildman–Crippen MR) is 90.3 cm³/mol. The highest BCUT2D eigenvalue weighted by Crippen LogP contribution is 2.35. The highest BCUT2D eigenvalue weighted by molar-refractivity contribution is 7.89. The van der Waals surface area contributed by atoms with E-state index in [4.69, 9.17) is 9.47 Å². The SMILES string of the molecule is O=S(=O)(c1ccc2c(c1)OCCO2)N1CCC[C@H](c2nccs2)C1. The Bertz CT molecular complexity index is 821. The molecule has 0 saturated carbocycles. The van der Waals surface area contributed by atoms with E-state index >= 15 is 0 Å². The van der Waals surface area contributed by atoms with Crippen LogP contribution >= 0.6 is 11.3 Å². The number of hydrogen-bond acceptors (Lipinski definition) is 6. The lowest BCUT2D eigenvalue weighted by Gasteiger charge is -2.31. The average Bonchev–Trinajstić information content (AvgIpc) is 3.16. The van der Waals surface area contributed by atoms with Crippen LogP contribution in [-0.2, 0) is 10.0 Å². The molecule has 1 fully saturated rings. The van der Waals surface area contributed by atoms with E-state index in [0.29, 0.717) is 37.8 Å². The molecule has 6 nitrogen and oxygen atoms in total. The van der Waals surface area contributed by atoms with Gasteiger partial charge in [0.05, 0.1) is 9.90 Å². The van der Waals surface area contributed by atoms with Crippen molar-refractivity contribution in [1.82, 2.24) is 9.29 Å². The number of ether oxygens (including phenoxy) is 2. The van der Waals surface area contributed by atoms with E-state index in [1.54, 1.807) is 40.0 Å². The number of hydrogen-bond donors (Lipinski definition) is 0. The topological polar surface area (TPSA) is 68.7 Å². The van der Waals surface area contributed by atoms with E-state index in [1.807, 2.05) is 5.38 Å². The maximum absolute atomic E-state index is 13.0. The second-order valence-corrected chi connectivity index (χ2v) is 8.74. The summed E-state index contributed by atoms with van der Waals surface area (Å²) < 4.78 is 38.5. The van der Waals surface area contributed by atoms with Gasteiger partial charge < -0.3 is 9.47 Å². The second kappa shape index (κ2) is 6.34. The van der Waals surface area contributed by atoms with Gasteiger partial charge in [-0.25, -0.2) is 13.4 Å². The Hall–Kier alpha value is -1.64. The monoisotopic (exact) mass is 366 g/mol. The second-order valence-electron chi connectivity index (χ2n) is 5.88. The van der Waals surface area contributed by atoms with Gasteiger partial charge in [-0.1, -0.05) is 0 Å². The molecule has 1 saturated heterocycles. The molecule has 3 heterocycles. The molecule has 1 aromatic carbocycles. The molecule has 4 rings (SSSR count). The Morgan fingerprint density at radius 2 is 2.04 bits per heavy atom. The van der Waals surface area contributed by atoms with Crippen molar-refractivity contribution in [2.75, 3.05) is 26.3 Å². The number of sulfonamides is 1. The summed E-state index contributed by atoms with van der Waals surface area (Å²) in [4.78, 5) is 4.60. The third-order valence-electron chi connectivity index (χ3n) is 4.34. The van der Waals surface area contributed by atoms with Gasteiger partial charge in [-0.2, -0.15) is 4.31 Å². The fourth-order valence-corrected chi connectivity index (χ4v) is 5.44. The van der Waals surface area contributed by atoms with Gasteiger partial charge in [0.1, 0.15) is 13.2 Å². The first kappa shape index (κ1) is 15.9. The molecule has 1 atom stereocenters. The maximum atomic E-state index is 13.0. The molecule has 0 N–H and O–H groups in total. The van der Waals surface area contributed by atoms with Crippen molar-refractivity contribution in [3.05, 3.63) is 34.8 Å². The average molecular weight is 366 g/mol. The van der Waals surface area contributed by atoms with Crippen LogP contribution in [0.3, 0.4) is 0 Å². The van der Waals surface area contributed by atoms with Crippen molar-refractivity contribution < 1.29 is 17.9 Å². The van der Waals surface area contributed by atoms with E-state index in [1.165, 1.54) is 0 Å². The van der Waals surface area contributed by atoms with Crippen LogP contribution in [0.5, 0.6) is 11.5 Å². The zero-order valence-electron chi connectivity index (χ0n) is 13.1. The summed E-state index contributed by atoms with van der Waals surface area (Å²) in [6.45, 7) is 1.94. The predicted octanol–water partition coefficient (Wildman–Crippen LogP) is 2.48. The van der Waals surface area contributed by atoms with Crippen LogP contribution in [0, 0.1) is 0 Å². The summed E-state index contributed by atoms with van der Waals surface area (Å²) in [5.41, 5.74) is 0. The number of nitrogens with zero attached hydrogens (tertiary/aromatic N) is 2. The molecule has 8 heteroatoms. The van der Waals surface area contributed by atoms with Gasteiger partial charge in [-0.05, 0) is 25.0 Å². The van der Waals surface area contributed by atoms with Crippen molar-refractivity contribution in [2.24, 2.45) is 0 Å². The van der Waals surface area contributed by atoms with Gasteiger partial charge in [-0.3, -0.25) is 0 Å². The van der Waals surface area contributed by atoms with Gasteiger partial charge in [0.2, 0.25) is 10.0 Å². The Kier molecular flexibility index (Phi) is 4.19. The number of rotatable bonds is 3. The van der Waals surface area contributed by atoms with Crippen LogP contribution in [0.2, 0.25) is 0 Å². The van der Waals surface area contributed by atoms with Crippen LogP contribution in [0.15, 0.2) is 34.7 Å². The van der Waals surface area contributed by atoms with Crippen molar-refractivity contribution in [2.45, 2.75) is 23.7 Å². The molecule has 2 aromatic rings. The molecule has 0 amide bonds. The van der Waals surface area contributed by atoms with Crippen molar-refractivity contribution in [1.29, 1.82) is 0 Å². The zero-order valence-corrected chi connectivity index (χ0v) is 14.7. The van der Waals surface area contributed by atoms with Crippen LogP contribution in [-0.4, -0.2) is 44.0 Å². The Morgan fingerprint density at radius 1 is 1.21 bits per heavy atom. The molecule has 24 heavy (non-hydrogen) atoms. The summed E-state index contributed by atoms with van der Waals surface area (Å²) in [5, 5.41) is 2.95. The lowest BCUT2D eigenvalue weighted by atomic mass is 10.0. The number of fused-ring (bicyclic) bond motifs is 1. The first-order valence-electron chi connectivity index (χ1n) is 7.94. The highest BCUT2D eigenvalue weighted by Gasteiger charge is 2.32. The lowest BCUT2D eigenvalue weighted by molar-refractivity contribution is 0.171. The lowest BCUT2D eigenvalue weighted by Crippen LogP contribution is -2.39. The summed E-state index contributed by atoms with van der Waals surface area (Å²) in [5.74, 6) is 1.26. The van der Waals surface area contributed by atoms with E-state index in [9.17, 15) is 8.42 Å². The fourth-order valence-electron chi connectivity index (χ4n) is 3.13. The largest absolute Gasteiger partial charge is 0.486 e. The molecule has 0 unspecified atom stereocenters. The summed E-state index contributed by atoms with van der Waals surface area (Å²) >= 11 is 1.59. The fraction of sp³-hybridized carbons (Fsp3) is 0.438. The minimum Gasteiger partial charge on any atom is -0.486 e. The number of aromatic nitrogens is 1. The standard InChI is InChI=1S/C16H18N2O4S2/c19-24(20,13-3-4-14-15(10-13)22-8-7-21-14)18-6-1-2-12(11-18)16-17-5-9-23-16/h3-5,9-10,12H,1-2,6-8,11H2/t12-/m0/s1. The molecule has 2 aliphatic heterocycles. The molecular formula is C16H18N2O4S2. The van der Waals surface area contributed by atoms with Crippen molar-refractivity contribution in [3.63, 3.8) is 0 Å². The van der Waals surface area contributed by atoms with Gasteiger partial charge in [0.15, 0.2) is 11.5 Å².